The van der Waals surface area contributed by atoms with Gasteiger partial charge < -0.3 is 0 Å². The normalized spacial score (nSPS) is 10.6. The van der Waals surface area contributed by atoms with Crippen molar-refractivity contribution in [3.63, 3.8) is 0 Å². The first-order chi connectivity index (χ1) is 11.6. The number of hydrogen-bond acceptors (Lipinski definition) is 3. The van der Waals surface area contributed by atoms with E-state index in [0.29, 0.717) is 12.1 Å². The number of carbonyl (C=O) groups excluding carboxylic acids is 1. The van der Waals surface area contributed by atoms with Crippen LogP contribution in [0.1, 0.15) is 28.4 Å². The molecule has 0 bridgehead atoms. The largest absolute Gasteiger partial charge is 0.284 e. The molecule has 3 rings (SSSR count). The molecule has 1 amide bonds. The molecule has 1 heterocycles. The molecule has 4 heteroatoms. The van der Waals surface area contributed by atoms with Crippen molar-refractivity contribution in [2.45, 2.75) is 20.8 Å². The second kappa shape index (κ2) is 6.97. The predicted molar refractivity (Wildman–Crippen MR) is 101 cm³/mol. The van der Waals surface area contributed by atoms with Gasteiger partial charge in [0.15, 0.2) is 5.13 Å². The monoisotopic (exact) mass is 336 g/mol. The minimum Gasteiger partial charge on any atom is -0.284 e. The lowest BCUT2D eigenvalue weighted by Crippen LogP contribution is -2.30. The van der Waals surface area contributed by atoms with Gasteiger partial charge in [0.05, 0.1) is 5.69 Å². The van der Waals surface area contributed by atoms with Crippen molar-refractivity contribution in [1.82, 2.24) is 4.98 Å². The first kappa shape index (κ1) is 16.4. The van der Waals surface area contributed by atoms with Crippen molar-refractivity contribution in [2.24, 2.45) is 0 Å². The maximum atomic E-state index is 12.8. The van der Waals surface area contributed by atoms with Crippen molar-refractivity contribution >= 4 is 22.4 Å². The number of nitrogens with zero attached hydrogens (tertiary/aromatic N) is 2. The van der Waals surface area contributed by atoms with Gasteiger partial charge in [0.1, 0.15) is 0 Å². The summed E-state index contributed by atoms with van der Waals surface area (Å²) in [6.07, 6.45) is 0. The Balaban J connectivity index is 1.89. The molecule has 1 aromatic heterocycles. The third-order valence-corrected chi connectivity index (χ3v) is 4.76. The standard InChI is InChI=1S/C20H20N2OS/c1-4-22(19(23)17-7-5-6-15(3)12-17)20-21-18(13-24-20)16-10-8-14(2)9-11-16/h5-13H,4H2,1-3H3. The summed E-state index contributed by atoms with van der Waals surface area (Å²) in [7, 11) is 0. The average Bonchev–Trinajstić information content (AvgIpc) is 3.06. The van der Waals surface area contributed by atoms with Crippen molar-refractivity contribution in [2.75, 3.05) is 11.4 Å². The van der Waals surface area contributed by atoms with Crippen LogP contribution in [0.15, 0.2) is 53.9 Å². The molecule has 2 aromatic carbocycles. The third-order valence-electron chi connectivity index (χ3n) is 3.90. The van der Waals surface area contributed by atoms with Crippen LogP contribution in [0.5, 0.6) is 0 Å². The molecule has 0 aliphatic rings. The van der Waals surface area contributed by atoms with Crippen LogP contribution in [-0.4, -0.2) is 17.4 Å². The lowest BCUT2D eigenvalue weighted by molar-refractivity contribution is 0.0988. The Kier molecular flexibility index (Phi) is 4.76. The molecular formula is C20H20N2OS. The highest BCUT2D eigenvalue weighted by molar-refractivity contribution is 7.14. The number of thiazole rings is 1. The highest BCUT2D eigenvalue weighted by Crippen LogP contribution is 2.28. The maximum Gasteiger partial charge on any atom is 0.260 e. The predicted octanol–water partition coefficient (Wildman–Crippen LogP) is 5.09. The van der Waals surface area contributed by atoms with Crippen LogP contribution >= 0.6 is 11.3 Å². The van der Waals surface area contributed by atoms with Crippen LogP contribution in [0, 0.1) is 13.8 Å². The summed E-state index contributed by atoms with van der Waals surface area (Å²) in [5.74, 6) is -0.00833. The van der Waals surface area contributed by atoms with Crippen LogP contribution in [0.2, 0.25) is 0 Å². The van der Waals surface area contributed by atoms with Gasteiger partial charge in [0.2, 0.25) is 0 Å². The number of anilines is 1. The summed E-state index contributed by atoms with van der Waals surface area (Å²) in [5.41, 5.74) is 4.98. The van der Waals surface area contributed by atoms with Gasteiger partial charge in [0, 0.05) is 23.1 Å². The van der Waals surface area contributed by atoms with Crippen LogP contribution in [0.4, 0.5) is 5.13 Å². The molecular weight excluding hydrogens is 316 g/mol. The topological polar surface area (TPSA) is 33.2 Å². The van der Waals surface area contributed by atoms with E-state index in [1.54, 1.807) is 4.90 Å². The quantitative estimate of drug-likeness (QED) is 0.664. The van der Waals surface area contributed by atoms with E-state index in [9.17, 15) is 4.79 Å². The van der Waals surface area contributed by atoms with Gasteiger partial charge in [-0.2, -0.15) is 0 Å². The van der Waals surface area contributed by atoms with Crippen molar-refractivity contribution in [3.05, 3.63) is 70.6 Å². The van der Waals surface area contributed by atoms with Gasteiger partial charge in [-0.15, -0.1) is 11.3 Å². The zero-order valence-corrected chi connectivity index (χ0v) is 14.9. The number of rotatable bonds is 4. The molecule has 0 N–H and O–H groups in total. The lowest BCUT2D eigenvalue weighted by Gasteiger charge is -2.18. The summed E-state index contributed by atoms with van der Waals surface area (Å²) >= 11 is 1.50. The molecule has 24 heavy (non-hydrogen) atoms. The van der Waals surface area contributed by atoms with E-state index in [1.165, 1.54) is 16.9 Å². The average molecular weight is 336 g/mol. The third kappa shape index (κ3) is 3.39. The molecule has 3 aromatic rings. The van der Waals surface area contributed by atoms with Crippen LogP contribution in [0.3, 0.4) is 0 Å². The second-order valence-electron chi connectivity index (χ2n) is 5.80. The Morgan fingerprint density at radius 1 is 1.08 bits per heavy atom. The summed E-state index contributed by atoms with van der Waals surface area (Å²) in [4.78, 5) is 19.2. The van der Waals surface area contributed by atoms with E-state index >= 15 is 0 Å². The molecule has 0 radical (unpaired) electrons. The number of benzene rings is 2. The number of aryl methyl sites for hydroxylation is 2. The zero-order chi connectivity index (χ0) is 17.1. The Bertz CT molecular complexity index is 852. The molecule has 0 unspecified atom stereocenters. The zero-order valence-electron chi connectivity index (χ0n) is 14.1. The Morgan fingerprint density at radius 3 is 2.50 bits per heavy atom. The van der Waals surface area contributed by atoms with Crippen molar-refractivity contribution in [1.29, 1.82) is 0 Å². The molecule has 3 nitrogen and oxygen atoms in total. The van der Waals surface area contributed by atoms with Crippen LogP contribution < -0.4 is 4.90 Å². The first-order valence-electron chi connectivity index (χ1n) is 7.99. The second-order valence-corrected chi connectivity index (χ2v) is 6.64. The van der Waals surface area contributed by atoms with Crippen molar-refractivity contribution in [3.8, 4) is 11.3 Å². The number of carbonyl (C=O) groups is 1. The number of aromatic nitrogens is 1. The summed E-state index contributed by atoms with van der Waals surface area (Å²) in [6, 6.07) is 15.9. The fourth-order valence-corrected chi connectivity index (χ4v) is 3.44. The fraction of sp³-hybridized carbons (Fsp3) is 0.200. The van der Waals surface area contributed by atoms with Gasteiger partial charge in [-0.05, 0) is 32.9 Å². The highest BCUT2D eigenvalue weighted by Gasteiger charge is 2.19. The molecule has 0 fully saturated rings. The summed E-state index contributed by atoms with van der Waals surface area (Å²) < 4.78 is 0. The van der Waals surface area contributed by atoms with Crippen LogP contribution in [-0.2, 0) is 0 Å². The van der Waals surface area contributed by atoms with E-state index in [4.69, 9.17) is 0 Å². The Labute approximate surface area is 146 Å². The minimum absolute atomic E-state index is 0.00833. The molecule has 0 spiro atoms. The Morgan fingerprint density at radius 2 is 1.83 bits per heavy atom. The highest BCUT2D eigenvalue weighted by atomic mass is 32.1. The van der Waals surface area contributed by atoms with E-state index < -0.39 is 0 Å². The van der Waals surface area contributed by atoms with E-state index in [1.807, 2.05) is 43.5 Å². The minimum atomic E-state index is -0.00833. The number of amides is 1. The Hall–Kier alpha value is -2.46. The molecule has 0 saturated heterocycles. The van der Waals surface area contributed by atoms with Crippen molar-refractivity contribution < 1.29 is 4.79 Å². The van der Waals surface area contributed by atoms with Gasteiger partial charge >= 0.3 is 0 Å². The summed E-state index contributed by atoms with van der Waals surface area (Å²) in [5, 5.41) is 2.74. The number of hydrogen-bond donors (Lipinski definition) is 0. The van der Waals surface area contributed by atoms with Crippen LogP contribution in [0.25, 0.3) is 11.3 Å². The van der Waals surface area contributed by atoms with E-state index in [-0.39, 0.29) is 5.91 Å². The fourth-order valence-electron chi connectivity index (χ4n) is 2.54. The lowest BCUT2D eigenvalue weighted by atomic mass is 10.1. The smallest absolute Gasteiger partial charge is 0.260 e. The molecule has 0 atom stereocenters. The molecule has 122 valence electrons. The van der Waals surface area contributed by atoms with E-state index in [2.05, 4.69) is 36.2 Å². The summed E-state index contributed by atoms with van der Waals surface area (Å²) in [6.45, 7) is 6.62. The van der Waals surface area contributed by atoms with Gasteiger partial charge in [0.25, 0.3) is 5.91 Å². The van der Waals surface area contributed by atoms with Gasteiger partial charge in [-0.25, -0.2) is 4.98 Å². The van der Waals surface area contributed by atoms with Gasteiger partial charge in [-0.1, -0.05) is 47.5 Å². The van der Waals surface area contributed by atoms with E-state index in [0.717, 1.165) is 22.0 Å². The maximum absolute atomic E-state index is 12.8. The molecule has 0 saturated carbocycles. The molecule has 0 aliphatic heterocycles. The van der Waals surface area contributed by atoms with Gasteiger partial charge in [-0.3, -0.25) is 9.69 Å². The molecule has 0 aliphatic carbocycles. The first-order valence-corrected chi connectivity index (χ1v) is 8.87. The SMILES string of the molecule is CCN(C(=O)c1cccc(C)c1)c1nc(-c2ccc(C)cc2)cs1.